The minimum atomic E-state index is -3.39. The van der Waals surface area contributed by atoms with Gasteiger partial charge in [0.2, 0.25) is 10.0 Å². The van der Waals surface area contributed by atoms with Gasteiger partial charge in [-0.25, -0.2) is 8.42 Å². The first-order valence-corrected chi connectivity index (χ1v) is 8.71. The minimum Gasteiger partial charge on any atom is -1.00 e. The molecular weight excluding hydrogens is 336 g/mol. The molecule has 1 fully saturated rings. The molecule has 23 heavy (non-hydrogen) atoms. The van der Waals surface area contributed by atoms with Crippen LogP contribution in [0.2, 0.25) is 0 Å². The molecule has 1 aliphatic rings. The molecule has 0 aliphatic carbocycles. The van der Waals surface area contributed by atoms with Gasteiger partial charge in [-0.3, -0.25) is 0 Å². The lowest BCUT2D eigenvalue weighted by Crippen LogP contribution is -3.10. The monoisotopic (exact) mass is 354 g/mol. The van der Waals surface area contributed by atoms with Crippen molar-refractivity contribution in [1.82, 2.24) is 4.31 Å². The molecule has 1 heterocycles. The maximum atomic E-state index is 12.6. The van der Waals surface area contributed by atoms with Crippen molar-refractivity contribution in [3.05, 3.63) is 54.6 Å². The summed E-state index contributed by atoms with van der Waals surface area (Å²) in [6.45, 7) is 2.43. The molecule has 0 aromatic heterocycles. The van der Waals surface area contributed by atoms with Gasteiger partial charge in [-0.05, 0) is 24.3 Å². The van der Waals surface area contributed by atoms with Crippen molar-refractivity contribution >= 4 is 15.7 Å². The standard InChI is InChI=1S/C16H18N2O3S.ClH/c19-15-8-6-14(7-9-15)17-10-12-18(13-11-17)22(20,21)16-4-2-1-3-5-16;/h1-9,19H,10-13H2;1H. The molecule has 2 N–H and O–H groups in total. The van der Waals surface area contributed by atoms with Crippen molar-refractivity contribution in [2.75, 3.05) is 26.2 Å². The van der Waals surface area contributed by atoms with Crippen LogP contribution in [0.15, 0.2) is 59.5 Å². The van der Waals surface area contributed by atoms with Gasteiger partial charge in [-0.15, -0.1) is 0 Å². The van der Waals surface area contributed by atoms with E-state index in [9.17, 15) is 13.5 Å². The predicted molar refractivity (Wildman–Crippen MR) is 83.7 cm³/mol. The van der Waals surface area contributed by atoms with Crippen LogP contribution in [0, 0.1) is 0 Å². The largest absolute Gasteiger partial charge is 1.00 e. The zero-order valence-electron chi connectivity index (χ0n) is 12.5. The Morgan fingerprint density at radius 1 is 0.913 bits per heavy atom. The molecule has 2 aromatic rings. The number of nitrogens with one attached hydrogen (secondary N) is 1. The fourth-order valence-corrected chi connectivity index (χ4v) is 4.19. The van der Waals surface area contributed by atoms with Gasteiger partial charge in [0.25, 0.3) is 0 Å². The summed E-state index contributed by atoms with van der Waals surface area (Å²) in [7, 11) is -3.39. The number of phenolic OH excluding ortho intramolecular Hbond substituents is 1. The zero-order valence-corrected chi connectivity index (χ0v) is 14.1. The van der Waals surface area contributed by atoms with E-state index in [2.05, 4.69) is 0 Å². The van der Waals surface area contributed by atoms with Crippen LogP contribution in [0.1, 0.15) is 0 Å². The first kappa shape index (κ1) is 17.7. The van der Waals surface area contributed by atoms with Gasteiger partial charge in [0.15, 0.2) is 0 Å². The second-order valence-electron chi connectivity index (χ2n) is 5.37. The van der Waals surface area contributed by atoms with Crippen LogP contribution in [0.25, 0.3) is 0 Å². The number of halogens is 1. The summed E-state index contributed by atoms with van der Waals surface area (Å²) >= 11 is 0. The molecule has 0 amide bonds. The number of piperazine rings is 1. The number of sulfonamides is 1. The Hall–Kier alpha value is -1.60. The molecule has 0 spiro atoms. The Balaban J connectivity index is 0.00000192. The molecule has 3 rings (SSSR count). The van der Waals surface area contributed by atoms with E-state index in [0.717, 1.165) is 18.8 Å². The van der Waals surface area contributed by atoms with Crippen LogP contribution in [0.4, 0.5) is 5.69 Å². The number of rotatable bonds is 3. The Bertz CT molecular complexity index is 728. The van der Waals surface area contributed by atoms with Crippen molar-refractivity contribution in [3.8, 4) is 5.75 Å². The Morgan fingerprint density at radius 2 is 1.48 bits per heavy atom. The van der Waals surface area contributed by atoms with Crippen LogP contribution in [0.5, 0.6) is 5.75 Å². The maximum absolute atomic E-state index is 12.6. The van der Waals surface area contributed by atoms with Gasteiger partial charge in [-0.2, -0.15) is 4.31 Å². The number of nitrogens with zero attached hydrogens (tertiary/aromatic N) is 1. The molecule has 1 aliphatic heterocycles. The highest BCUT2D eigenvalue weighted by atomic mass is 35.5. The molecule has 0 atom stereocenters. The summed E-state index contributed by atoms with van der Waals surface area (Å²) in [6.07, 6.45) is 0. The van der Waals surface area contributed by atoms with E-state index in [4.69, 9.17) is 0 Å². The van der Waals surface area contributed by atoms with Crippen molar-refractivity contribution in [2.24, 2.45) is 0 Å². The highest BCUT2D eigenvalue weighted by Crippen LogP contribution is 2.16. The van der Waals surface area contributed by atoms with E-state index in [1.807, 2.05) is 18.2 Å². The lowest BCUT2D eigenvalue weighted by Gasteiger charge is -2.31. The van der Waals surface area contributed by atoms with E-state index < -0.39 is 10.0 Å². The van der Waals surface area contributed by atoms with Crippen molar-refractivity contribution < 1.29 is 30.8 Å². The maximum Gasteiger partial charge on any atom is 0.243 e. The number of aromatic hydroxyl groups is 1. The smallest absolute Gasteiger partial charge is 0.243 e. The van der Waals surface area contributed by atoms with Crippen LogP contribution in [0.3, 0.4) is 0 Å². The predicted octanol–water partition coefficient (Wildman–Crippen LogP) is -2.38. The molecule has 0 saturated carbocycles. The van der Waals surface area contributed by atoms with Gasteiger partial charge >= 0.3 is 0 Å². The number of quaternary nitrogens is 1. The average molecular weight is 355 g/mol. The summed E-state index contributed by atoms with van der Waals surface area (Å²) < 4.78 is 26.7. The molecule has 2 aromatic carbocycles. The summed E-state index contributed by atoms with van der Waals surface area (Å²) in [5.41, 5.74) is 1.08. The molecule has 0 unspecified atom stereocenters. The Kier molecular flexibility index (Phi) is 5.64. The van der Waals surface area contributed by atoms with Gasteiger partial charge in [0.1, 0.15) is 11.4 Å². The molecule has 7 heteroatoms. The van der Waals surface area contributed by atoms with E-state index in [1.165, 1.54) is 4.90 Å². The first-order chi connectivity index (χ1) is 10.6. The van der Waals surface area contributed by atoms with Crippen molar-refractivity contribution in [2.45, 2.75) is 4.90 Å². The highest BCUT2D eigenvalue weighted by Gasteiger charge is 2.30. The minimum absolute atomic E-state index is 0. The van der Waals surface area contributed by atoms with Gasteiger partial charge < -0.3 is 22.4 Å². The Morgan fingerprint density at radius 3 is 2.04 bits per heavy atom. The zero-order chi connectivity index (χ0) is 15.6. The Labute approximate surface area is 142 Å². The van der Waals surface area contributed by atoms with Crippen molar-refractivity contribution in [3.63, 3.8) is 0 Å². The second-order valence-corrected chi connectivity index (χ2v) is 7.31. The third-order valence-electron chi connectivity index (χ3n) is 3.98. The van der Waals surface area contributed by atoms with Crippen molar-refractivity contribution in [1.29, 1.82) is 0 Å². The highest BCUT2D eigenvalue weighted by molar-refractivity contribution is 7.89. The SMILES string of the molecule is O=S(=O)(c1ccccc1)N1CC[NH+](c2ccc(O)cc2)CC1.[Cl-]. The number of hydrogen-bond acceptors (Lipinski definition) is 3. The third-order valence-corrected chi connectivity index (χ3v) is 5.90. The van der Waals surface area contributed by atoms with Crippen LogP contribution in [-0.4, -0.2) is 44.0 Å². The normalized spacial score (nSPS) is 16.7. The van der Waals surface area contributed by atoms with E-state index >= 15 is 0 Å². The van der Waals surface area contributed by atoms with E-state index in [-0.39, 0.29) is 18.2 Å². The van der Waals surface area contributed by atoms with Crippen LogP contribution in [-0.2, 0) is 10.0 Å². The summed E-state index contributed by atoms with van der Waals surface area (Å²) in [6, 6.07) is 15.6. The topological polar surface area (TPSA) is 62.0 Å². The third kappa shape index (κ3) is 3.84. The molecular formula is C16H19ClN2O3S. The first-order valence-electron chi connectivity index (χ1n) is 7.27. The summed E-state index contributed by atoms with van der Waals surface area (Å²) in [5.74, 6) is 0.244. The molecule has 0 bridgehead atoms. The van der Waals surface area contributed by atoms with Gasteiger partial charge in [-0.1, -0.05) is 18.2 Å². The fourth-order valence-electron chi connectivity index (χ4n) is 2.72. The lowest BCUT2D eigenvalue weighted by atomic mass is 10.2. The quantitative estimate of drug-likeness (QED) is 0.605. The van der Waals surface area contributed by atoms with Gasteiger partial charge in [0.05, 0.1) is 31.1 Å². The van der Waals surface area contributed by atoms with Crippen LogP contribution >= 0.6 is 0 Å². The van der Waals surface area contributed by atoms with E-state index in [1.54, 1.807) is 40.7 Å². The second kappa shape index (κ2) is 7.31. The number of phenols is 1. The molecule has 0 radical (unpaired) electrons. The average Bonchev–Trinajstić information content (AvgIpc) is 2.56. The lowest BCUT2D eigenvalue weighted by molar-refractivity contribution is -0.837. The van der Waals surface area contributed by atoms with Crippen LogP contribution < -0.4 is 17.3 Å². The fraction of sp³-hybridized carbons (Fsp3) is 0.250. The summed E-state index contributed by atoms with van der Waals surface area (Å²) in [5, 5.41) is 9.33. The number of benzene rings is 2. The molecule has 5 nitrogen and oxygen atoms in total. The van der Waals surface area contributed by atoms with Gasteiger partial charge in [0, 0.05) is 12.1 Å². The number of hydrogen-bond donors (Lipinski definition) is 2. The molecule has 1 saturated heterocycles. The van der Waals surface area contributed by atoms with E-state index in [0.29, 0.717) is 18.0 Å². The molecule has 124 valence electrons. The summed E-state index contributed by atoms with van der Waals surface area (Å²) in [4.78, 5) is 1.59.